The van der Waals surface area contributed by atoms with Crippen molar-refractivity contribution in [3.63, 3.8) is 0 Å². The summed E-state index contributed by atoms with van der Waals surface area (Å²) in [5, 5.41) is 3.63. The zero-order chi connectivity index (χ0) is 13.5. The molecule has 0 aliphatic carbocycles. The van der Waals surface area contributed by atoms with Gasteiger partial charge in [0.25, 0.3) is 0 Å². The maximum Gasteiger partial charge on any atom is 0.224 e. The summed E-state index contributed by atoms with van der Waals surface area (Å²) in [6.45, 7) is 5.06. The molecule has 1 saturated heterocycles. The fourth-order valence-electron chi connectivity index (χ4n) is 2.03. The minimum atomic E-state index is 0. The molecule has 2 rings (SSSR count). The fraction of sp³-hybridized carbons (Fsp3) is 0.500. The third-order valence-corrected chi connectivity index (χ3v) is 3.38. The number of carbonyl (C=O) groups is 1. The van der Waals surface area contributed by atoms with E-state index in [1.807, 2.05) is 12.1 Å². The number of morpholine rings is 1. The van der Waals surface area contributed by atoms with Gasteiger partial charge in [0.15, 0.2) is 0 Å². The molecule has 1 aromatic carbocycles. The second kappa shape index (κ2) is 9.19. The molecule has 0 spiro atoms. The van der Waals surface area contributed by atoms with Crippen molar-refractivity contribution in [1.29, 1.82) is 0 Å². The zero-order valence-electron chi connectivity index (χ0n) is 11.3. The first-order valence-electron chi connectivity index (χ1n) is 6.55. The van der Waals surface area contributed by atoms with Gasteiger partial charge in [0, 0.05) is 31.2 Å². The first-order valence-corrected chi connectivity index (χ1v) is 6.93. The second-order valence-electron chi connectivity index (χ2n) is 4.61. The molecular formula is C14H20Cl2N2O2. The summed E-state index contributed by atoms with van der Waals surface area (Å²) in [7, 11) is 0. The maximum absolute atomic E-state index is 11.8. The Bertz CT molecular complexity index is 406. The summed E-state index contributed by atoms with van der Waals surface area (Å²) in [6.07, 6.45) is 0.403. The van der Waals surface area contributed by atoms with Crippen LogP contribution in [0.5, 0.6) is 0 Å². The van der Waals surface area contributed by atoms with E-state index in [0.29, 0.717) is 18.0 Å². The van der Waals surface area contributed by atoms with Crippen LogP contribution < -0.4 is 5.32 Å². The molecule has 1 amide bonds. The number of amides is 1. The number of ether oxygens (including phenoxy) is 1. The molecule has 0 bridgehead atoms. The standard InChI is InChI=1S/C14H19ClN2O2.ClH/c15-13-3-1-12(2-4-13)11-14(18)16-5-6-17-7-9-19-10-8-17;/h1-4H,5-11H2,(H,16,18);1H. The highest BCUT2D eigenvalue weighted by Gasteiger charge is 2.10. The summed E-state index contributed by atoms with van der Waals surface area (Å²) < 4.78 is 5.28. The summed E-state index contributed by atoms with van der Waals surface area (Å²) in [5.74, 6) is 0.0515. The average Bonchev–Trinajstić information content (AvgIpc) is 2.43. The van der Waals surface area contributed by atoms with Crippen LogP contribution in [0.15, 0.2) is 24.3 Å². The Kier molecular flexibility index (Phi) is 7.92. The molecule has 1 heterocycles. The van der Waals surface area contributed by atoms with E-state index in [9.17, 15) is 4.79 Å². The number of halogens is 2. The first-order chi connectivity index (χ1) is 9.24. The lowest BCUT2D eigenvalue weighted by molar-refractivity contribution is -0.120. The van der Waals surface area contributed by atoms with Crippen LogP contribution >= 0.6 is 24.0 Å². The lowest BCUT2D eigenvalue weighted by Crippen LogP contribution is -2.41. The van der Waals surface area contributed by atoms with E-state index in [0.717, 1.165) is 38.4 Å². The Labute approximate surface area is 130 Å². The number of hydrogen-bond donors (Lipinski definition) is 1. The summed E-state index contributed by atoms with van der Waals surface area (Å²) in [6, 6.07) is 7.36. The van der Waals surface area contributed by atoms with Crippen molar-refractivity contribution < 1.29 is 9.53 Å². The van der Waals surface area contributed by atoms with E-state index < -0.39 is 0 Å². The molecule has 6 heteroatoms. The van der Waals surface area contributed by atoms with Gasteiger partial charge in [-0.15, -0.1) is 12.4 Å². The highest BCUT2D eigenvalue weighted by Crippen LogP contribution is 2.09. The van der Waals surface area contributed by atoms with Crippen molar-refractivity contribution in [2.24, 2.45) is 0 Å². The Morgan fingerprint density at radius 3 is 2.55 bits per heavy atom. The van der Waals surface area contributed by atoms with Gasteiger partial charge in [-0.3, -0.25) is 9.69 Å². The number of benzene rings is 1. The maximum atomic E-state index is 11.8. The van der Waals surface area contributed by atoms with Gasteiger partial charge in [0.2, 0.25) is 5.91 Å². The van der Waals surface area contributed by atoms with Crippen LogP contribution in [0.1, 0.15) is 5.56 Å². The number of nitrogens with zero attached hydrogens (tertiary/aromatic N) is 1. The van der Waals surface area contributed by atoms with Crippen LogP contribution in [0.2, 0.25) is 5.02 Å². The molecule has 0 atom stereocenters. The fourth-order valence-corrected chi connectivity index (χ4v) is 2.15. The molecule has 1 aliphatic rings. The van der Waals surface area contributed by atoms with Gasteiger partial charge in [-0.1, -0.05) is 23.7 Å². The van der Waals surface area contributed by atoms with Gasteiger partial charge in [-0.05, 0) is 17.7 Å². The van der Waals surface area contributed by atoms with Crippen LogP contribution in [0.4, 0.5) is 0 Å². The highest BCUT2D eigenvalue weighted by atomic mass is 35.5. The summed E-state index contributed by atoms with van der Waals surface area (Å²) in [4.78, 5) is 14.0. The minimum absolute atomic E-state index is 0. The zero-order valence-corrected chi connectivity index (χ0v) is 12.9. The predicted molar refractivity (Wildman–Crippen MR) is 82.7 cm³/mol. The predicted octanol–water partition coefficient (Wildman–Crippen LogP) is 1.75. The molecular weight excluding hydrogens is 299 g/mol. The third-order valence-electron chi connectivity index (χ3n) is 3.13. The molecule has 0 aromatic heterocycles. The van der Waals surface area contributed by atoms with Gasteiger partial charge >= 0.3 is 0 Å². The van der Waals surface area contributed by atoms with Crippen LogP contribution in [-0.2, 0) is 16.0 Å². The summed E-state index contributed by atoms with van der Waals surface area (Å²) >= 11 is 5.80. The van der Waals surface area contributed by atoms with Crippen LogP contribution in [0.25, 0.3) is 0 Å². The molecule has 112 valence electrons. The molecule has 0 unspecified atom stereocenters. The molecule has 1 aliphatic heterocycles. The van der Waals surface area contributed by atoms with Crippen molar-refractivity contribution in [2.75, 3.05) is 39.4 Å². The van der Waals surface area contributed by atoms with Gasteiger partial charge in [0.05, 0.1) is 19.6 Å². The summed E-state index contributed by atoms with van der Waals surface area (Å²) in [5.41, 5.74) is 0.980. The van der Waals surface area contributed by atoms with Gasteiger partial charge in [-0.25, -0.2) is 0 Å². The molecule has 0 saturated carbocycles. The molecule has 4 nitrogen and oxygen atoms in total. The largest absolute Gasteiger partial charge is 0.379 e. The topological polar surface area (TPSA) is 41.6 Å². The van der Waals surface area contributed by atoms with Gasteiger partial charge < -0.3 is 10.1 Å². The van der Waals surface area contributed by atoms with Crippen molar-refractivity contribution in [1.82, 2.24) is 10.2 Å². The van der Waals surface area contributed by atoms with E-state index in [4.69, 9.17) is 16.3 Å². The Balaban J connectivity index is 0.00000200. The van der Waals surface area contributed by atoms with E-state index in [-0.39, 0.29) is 18.3 Å². The molecule has 1 N–H and O–H groups in total. The number of nitrogens with one attached hydrogen (secondary N) is 1. The Hall–Kier alpha value is -0.810. The SMILES string of the molecule is Cl.O=C(Cc1ccc(Cl)cc1)NCCN1CCOCC1. The third kappa shape index (κ3) is 6.09. The van der Waals surface area contributed by atoms with Crippen molar-refractivity contribution >= 4 is 29.9 Å². The van der Waals surface area contributed by atoms with Crippen molar-refractivity contribution in [2.45, 2.75) is 6.42 Å². The first kappa shape index (κ1) is 17.2. The van der Waals surface area contributed by atoms with E-state index in [1.54, 1.807) is 12.1 Å². The number of carbonyl (C=O) groups excluding carboxylic acids is 1. The average molecular weight is 319 g/mol. The van der Waals surface area contributed by atoms with E-state index in [2.05, 4.69) is 10.2 Å². The van der Waals surface area contributed by atoms with Crippen LogP contribution in [0.3, 0.4) is 0 Å². The lowest BCUT2D eigenvalue weighted by Gasteiger charge is -2.26. The smallest absolute Gasteiger partial charge is 0.224 e. The number of rotatable bonds is 5. The van der Waals surface area contributed by atoms with Gasteiger partial charge in [-0.2, -0.15) is 0 Å². The monoisotopic (exact) mass is 318 g/mol. The number of hydrogen-bond acceptors (Lipinski definition) is 3. The van der Waals surface area contributed by atoms with Crippen LogP contribution in [0, 0.1) is 0 Å². The second-order valence-corrected chi connectivity index (χ2v) is 5.04. The quantitative estimate of drug-likeness (QED) is 0.899. The van der Waals surface area contributed by atoms with E-state index >= 15 is 0 Å². The molecule has 20 heavy (non-hydrogen) atoms. The molecule has 0 radical (unpaired) electrons. The van der Waals surface area contributed by atoms with Crippen molar-refractivity contribution in [3.8, 4) is 0 Å². The normalized spacial score (nSPS) is 15.4. The van der Waals surface area contributed by atoms with Crippen molar-refractivity contribution in [3.05, 3.63) is 34.9 Å². The molecule has 1 aromatic rings. The lowest BCUT2D eigenvalue weighted by atomic mass is 10.1. The Morgan fingerprint density at radius 2 is 1.90 bits per heavy atom. The van der Waals surface area contributed by atoms with Crippen LogP contribution in [-0.4, -0.2) is 50.2 Å². The minimum Gasteiger partial charge on any atom is -0.379 e. The highest BCUT2D eigenvalue weighted by molar-refractivity contribution is 6.30. The molecule has 1 fully saturated rings. The Morgan fingerprint density at radius 1 is 1.25 bits per heavy atom. The van der Waals surface area contributed by atoms with E-state index in [1.165, 1.54) is 0 Å². The van der Waals surface area contributed by atoms with Gasteiger partial charge in [0.1, 0.15) is 0 Å².